The highest BCUT2D eigenvalue weighted by Gasteiger charge is 2.55. The molecule has 234 valence electrons. The molecule has 1 aromatic rings. The van der Waals surface area contributed by atoms with Gasteiger partial charge in [-0.15, -0.1) is 0 Å². The summed E-state index contributed by atoms with van der Waals surface area (Å²) < 4.78 is 77.0. The van der Waals surface area contributed by atoms with Crippen molar-refractivity contribution in [2.24, 2.45) is 5.92 Å². The fourth-order valence-corrected chi connectivity index (χ4v) is 4.30. The molecule has 0 bridgehead atoms. The van der Waals surface area contributed by atoms with Crippen LogP contribution < -0.4 is 11.2 Å². The lowest BCUT2D eigenvalue weighted by atomic mass is 9.92. The number of ether oxygens (including phenoxy) is 7. The number of rotatable bonds is 17. The quantitative estimate of drug-likeness (QED) is 0.105. The van der Waals surface area contributed by atoms with Crippen LogP contribution >= 0.6 is 7.82 Å². The Bertz CT molecular complexity index is 1110. The molecule has 4 atom stereocenters. The first-order valence-corrected chi connectivity index (χ1v) is 13.3. The fourth-order valence-electron chi connectivity index (χ4n) is 3.34. The second kappa shape index (κ2) is 16.5. The molecule has 1 fully saturated rings. The summed E-state index contributed by atoms with van der Waals surface area (Å²) in [5.41, 5.74) is -3.79. The molecule has 0 saturated carbocycles. The molecule has 20 heteroatoms. The molecule has 0 aromatic carbocycles. The zero-order valence-electron chi connectivity index (χ0n) is 22.4. The lowest BCUT2D eigenvalue weighted by Crippen LogP contribution is -2.47. The number of aromatic nitrogens is 2. The van der Waals surface area contributed by atoms with Crippen LogP contribution in [0.1, 0.15) is 13.2 Å². The summed E-state index contributed by atoms with van der Waals surface area (Å²) in [4.78, 5) is 48.8. The van der Waals surface area contributed by atoms with Gasteiger partial charge in [-0.2, -0.15) is 0 Å². The van der Waals surface area contributed by atoms with Gasteiger partial charge in [-0.25, -0.2) is 32.4 Å². The van der Waals surface area contributed by atoms with Gasteiger partial charge in [-0.05, 0) is 0 Å². The molecule has 1 aliphatic heterocycles. The number of aliphatic hydroxyl groups excluding tert-OH is 1. The number of methoxy groups -OCH3 is 2. The zero-order chi connectivity index (χ0) is 30.5. The molecule has 2 rings (SSSR count). The van der Waals surface area contributed by atoms with Crippen molar-refractivity contribution >= 4 is 20.1 Å². The van der Waals surface area contributed by atoms with E-state index in [1.807, 2.05) is 4.98 Å². The molecule has 18 nitrogen and oxygen atoms in total. The summed E-state index contributed by atoms with van der Waals surface area (Å²) in [6.45, 7) is -3.26. The largest absolute Gasteiger partial charge is 0.510 e. The summed E-state index contributed by atoms with van der Waals surface area (Å²) in [7, 11) is -2.11. The molecule has 1 aliphatic rings. The highest BCUT2D eigenvalue weighted by Crippen LogP contribution is 2.52. The number of carbonyl (C=O) groups excluding carboxylic acids is 2. The van der Waals surface area contributed by atoms with Crippen molar-refractivity contribution in [1.29, 1.82) is 0 Å². The molecular formula is C21H32FN2O16P. The molecule has 4 unspecified atom stereocenters. The minimum absolute atomic E-state index is 0.0662. The summed E-state index contributed by atoms with van der Waals surface area (Å²) in [6.07, 6.45) is -4.28. The third-order valence-electron chi connectivity index (χ3n) is 5.45. The highest BCUT2D eigenvalue weighted by atomic mass is 31.2. The van der Waals surface area contributed by atoms with Crippen molar-refractivity contribution < 1.29 is 70.4 Å². The number of hydrogen-bond acceptors (Lipinski definition) is 16. The molecule has 0 radical (unpaired) electrons. The van der Waals surface area contributed by atoms with Crippen molar-refractivity contribution in [3.05, 3.63) is 33.1 Å². The maximum atomic E-state index is 14.3. The average Bonchev–Trinajstić information content (AvgIpc) is 3.18. The van der Waals surface area contributed by atoms with Gasteiger partial charge in [-0.3, -0.25) is 18.9 Å². The Morgan fingerprint density at radius 3 is 2.07 bits per heavy atom. The van der Waals surface area contributed by atoms with Gasteiger partial charge in [0.15, 0.2) is 0 Å². The monoisotopic (exact) mass is 618 g/mol. The summed E-state index contributed by atoms with van der Waals surface area (Å²) >= 11 is 0. The summed E-state index contributed by atoms with van der Waals surface area (Å²) in [6, 6.07) is 1.02. The lowest BCUT2D eigenvalue weighted by molar-refractivity contribution is -0.140. The standard InChI is InChI=1S/C21H32FN2O16P/c1-14-16(26)21(10-22,40-17(14)24-5-4-15(25)23-18(24)27)11-37-41(30,38-12-35-19(28)33-8-6-31-2)39-13-36-20(29)34-9-7-32-3/h4-5,14,16-17,26H,6-13H2,1-3H3,(H,23,25,27). The number of phosphoric ester groups is 1. The van der Waals surface area contributed by atoms with Crippen LogP contribution in [0, 0.1) is 5.92 Å². The van der Waals surface area contributed by atoms with Crippen molar-refractivity contribution in [2.75, 3.05) is 67.5 Å². The van der Waals surface area contributed by atoms with E-state index in [2.05, 4.69) is 18.9 Å². The first-order chi connectivity index (χ1) is 19.5. The molecule has 1 aromatic heterocycles. The topological polar surface area (TPSA) is 219 Å². The van der Waals surface area contributed by atoms with E-state index in [1.54, 1.807) is 0 Å². The second-order valence-electron chi connectivity index (χ2n) is 8.21. The van der Waals surface area contributed by atoms with Crippen LogP contribution in [0.4, 0.5) is 14.0 Å². The number of nitrogens with one attached hydrogen (secondary N) is 1. The Hall–Kier alpha value is -2.90. The van der Waals surface area contributed by atoms with Gasteiger partial charge in [0.25, 0.3) is 5.56 Å². The molecule has 2 heterocycles. The van der Waals surface area contributed by atoms with Gasteiger partial charge in [0, 0.05) is 32.4 Å². The average molecular weight is 618 g/mol. The van der Waals surface area contributed by atoms with Gasteiger partial charge < -0.3 is 38.3 Å². The van der Waals surface area contributed by atoms with Crippen molar-refractivity contribution in [2.45, 2.75) is 24.9 Å². The van der Waals surface area contributed by atoms with Crippen molar-refractivity contribution in [1.82, 2.24) is 9.55 Å². The predicted molar refractivity (Wildman–Crippen MR) is 129 cm³/mol. The molecule has 1 saturated heterocycles. The van der Waals surface area contributed by atoms with E-state index in [9.17, 15) is 33.2 Å². The summed E-state index contributed by atoms with van der Waals surface area (Å²) in [5, 5.41) is 10.8. The normalized spacial score (nSPS) is 22.3. The Morgan fingerprint density at radius 1 is 1.02 bits per heavy atom. The highest BCUT2D eigenvalue weighted by molar-refractivity contribution is 7.48. The minimum Gasteiger partial charge on any atom is -0.432 e. The molecule has 0 spiro atoms. The molecule has 41 heavy (non-hydrogen) atoms. The fraction of sp³-hybridized carbons (Fsp3) is 0.714. The molecule has 0 amide bonds. The van der Waals surface area contributed by atoms with Crippen LogP contribution in [0.25, 0.3) is 0 Å². The molecule has 2 N–H and O–H groups in total. The van der Waals surface area contributed by atoms with E-state index >= 15 is 0 Å². The van der Waals surface area contributed by atoms with E-state index < -0.39 is 82.1 Å². The maximum Gasteiger partial charge on any atom is 0.510 e. The number of aromatic amines is 1. The van der Waals surface area contributed by atoms with E-state index in [0.29, 0.717) is 0 Å². The number of hydrogen-bond donors (Lipinski definition) is 2. The van der Waals surface area contributed by atoms with Crippen LogP contribution in [0.15, 0.2) is 21.9 Å². The third kappa shape index (κ3) is 10.2. The van der Waals surface area contributed by atoms with Gasteiger partial charge in [-0.1, -0.05) is 6.92 Å². The Balaban J connectivity index is 2.11. The Labute approximate surface area is 232 Å². The number of carbonyl (C=O) groups is 2. The van der Waals surface area contributed by atoms with Crippen LogP contribution in [0.5, 0.6) is 0 Å². The van der Waals surface area contributed by atoms with Crippen LogP contribution in [-0.4, -0.2) is 106 Å². The molecule has 0 aliphatic carbocycles. The SMILES string of the molecule is COCCOC(=O)OCOP(=O)(OCOC(=O)OCCOC)OCC1(CF)OC(n2ccc(=O)[nH]c2=O)C(C)C1O. The van der Waals surface area contributed by atoms with Gasteiger partial charge in [0.2, 0.25) is 13.6 Å². The number of halogens is 1. The summed E-state index contributed by atoms with van der Waals surface area (Å²) in [5.74, 6) is -0.936. The maximum absolute atomic E-state index is 14.3. The lowest BCUT2D eigenvalue weighted by Gasteiger charge is -2.30. The second-order valence-corrected chi connectivity index (χ2v) is 9.88. The van der Waals surface area contributed by atoms with Crippen molar-refractivity contribution in [3.63, 3.8) is 0 Å². The Kier molecular flexibility index (Phi) is 13.8. The first kappa shape index (κ1) is 34.3. The minimum atomic E-state index is -4.85. The number of phosphoric acid groups is 1. The van der Waals surface area contributed by atoms with Gasteiger partial charge >= 0.3 is 25.8 Å². The van der Waals surface area contributed by atoms with Crippen LogP contribution in [0.2, 0.25) is 0 Å². The van der Waals surface area contributed by atoms with E-state index in [-0.39, 0.29) is 26.4 Å². The van der Waals surface area contributed by atoms with Gasteiger partial charge in [0.1, 0.15) is 31.7 Å². The number of nitrogens with zero attached hydrogens (tertiary/aromatic N) is 1. The molecular weight excluding hydrogens is 586 g/mol. The van der Waals surface area contributed by atoms with E-state index in [0.717, 1.165) is 16.8 Å². The van der Waals surface area contributed by atoms with Crippen LogP contribution in [0.3, 0.4) is 0 Å². The smallest absolute Gasteiger partial charge is 0.432 e. The number of alkyl halides is 1. The zero-order valence-corrected chi connectivity index (χ0v) is 23.3. The number of aliphatic hydroxyl groups is 1. The Morgan fingerprint density at radius 2 is 1.59 bits per heavy atom. The predicted octanol–water partition coefficient (Wildman–Crippen LogP) is 0.443. The third-order valence-corrected chi connectivity index (χ3v) is 6.74. The van der Waals surface area contributed by atoms with E-state index in [1.165, 1.54) is 21.1 Å². The number of H-pyrrole nitrogens is 1. The van der Waals surface area contributed by atoms with Gasteiger partial charge in [0.05, 0.1) is 25.9 Å². The van der Waals surface area contributed by atoms with Crippen LogP contribution in [-0.2, 0) is 51.3 Å². The van der Waals surface area contributed by atoms with E-state index in [4.69, 9.17) is 27.8 Å². The first-order valence-electron chi connectivity index (χ1n) is 11.8. The van der Waals surface area contributed by atoms with Crippen molar-refractivity contribution in [3.8, 4) is 0 Å².